The first kappa shape index (κ1) is 17.3. The van der Waals surface area contributed by atoms with Crippen molar-refractivity contribution in [1.29, 1.82) is 0 Å². The van der Waals surface area contributed by atoms with Crippen molar-refractivity contribution in [2.45, 2.75) is 0 Å². The third kappa shape index (κ3) is 475. The molecule has 0 rings (SSSR count). The van der Waals surface area contributed by atoms with Gasteiger partial charge < -0.3 is 18.2 Å². The fourth-order valence-corrected chi connectivity index (χ4v) is 0. The van der Waals surface area contributed by atoms with Gasteiger partial charge in [0.2, 0.25) is 0 Å². The average molecular weight is 219 g/mol. The molecule has 2 unspecified atom stereocenters. The second kappa shape index (κ2) is 8.22. The van der Waals surface area contributed by atoms with Gasteiger partial charge in [-0.25, -0.2) is 8.42 Å². The molecule has 0 radical (unpaired) electrons. The van der Waals surface area contributed by atoms with Crippen LogP contribution in [0.15, 0.2) is 0 Å². The molecule has 0 saturated heterocycles. The molecule has 0 aliphatic rings. The van der Waals surface area contributed by atoms with E-state index in [0.29, 0.717) is 0 Å². The molecule has 0 aromatic rings. The van der Waals surface area contributed by atoms with Crippen LogP contribution in [0.5, 0.6) is 0 Å². The van der Waals surface area contributed by atoms with Crippen molar-refractivity contribution in [2.75, 3.05) is 0 Å². The van der Waals surface area contributed by atoms with Gasteiger partial charge in [-0.3, -0.25) is 0 Å². The molecule has 2 N–H and O–H groups in total. The zero-order chi connectivity index (χ0) is 8.08. The Morgan fingerprint density at radius 1 is 1.60 bits per heavy atom. The molecule has 0 aliphatic heterocycles. The van der Waals surface area contributed by atoms with Crippen molar-refractivity contribution in [3.63, 3.8) is 0 Å². The van der Waals surface area contributed by atoms with Crippen LogP contribution in [0.2, 0.25) is 0 Å². The summed E-state index contributed by atoms with van der Waals surface area (Å²) in [5.41, 5.74) is 0. The third-order valence-electron chi connectivity index (χ3n) is 0. The van der Waals surface area contributed by atoms with Crippen LogP contribution in [0.4, 0.5) is 0 Å². The van der Waals surface area contributed by atoms with E-state index in [9.17, 15) is 0 Å². The Labute approximate surface area is 81.0 Å². The molecule has 10 heteroatoms. The van der Waals surface area contributed by atoms with E-state index < -0.39 is 20.4 Å². The van der Waals surface area contributed by atoms with Gasteiger partial charge >= 0.3 is 23.1 Å². The summed E-state index contributed by atoms with van der Waals surface area (Å²) in [5, 5.41) is 0. The zero-order valence-corrected chi connectivity index (χ0v) is 8.32. The first-order chi connectivity index (χ1) is 3.73. The Hall–Kier alpha value is 1.13. The number of hydrogen-bond donors (Lipinski definition) is 2. The standard InChI is InChI=1S/Mg.H2O3S2.H2O3S/c;1-5(2,3)4;1-4(2)3/h;(H2,1,2,3,4);(H2,1,2,3)/q+2;;/p-2. The Morgan fingerprint density at radius 3 is 1.60 bits per heavy atom. The molecule has 0 spiro atoms. The maximum absolute atomic E-state index is 9.00. The fraction of sp³-hybridized carbons (Fsp3) is 0. The summed E-state index contributed by atoms with van der Waals surface area (Å²) < 4.78 is 49.4. The monoisotopic (exact) mass is 218 g/mol. The average Bonchev–Trinajstić information content (AvgIpc) is 1.19. The Bertz CT molecular complexity index is 155. The van der Waals surface area contributed by atoms with E-state index in [-0.39, 0.29) is 23.1 Å². The minimum atomic E-state index is -4.08. The summed E-state index contributed by atoms with van der Waals surface area (Å²) in [7, 11) is -4.08. The van der Waals surface area contributed by atoms with Gasteiger partial charge in [0, 0.05) is 0 Å². The molecular weight excluding hydrogens is 216 g/mol. The largest absolute Gasteiger partial charge is 2.00 e. The van der Waals surface area contributed by atoms with Gasteiger partial charge in [0.1, 0.15) is 0 Å². The quantitative estimate of drug-likeness (QED) is 0.367. The number of hydrogen-bond acceptors (Lipinski definition) is 5. The minimum Gasteiger partial charge on any atom is -0.750 e. The van der Waals surface area contributed by atoms with Crippen LogP contribution in [0.1, 0.15) is 0 Å². The van der Waals surface area contributed by atoms with Crippen LogP contribution in [-0.4, -0.2) is 49.7 Å². The van der Waals surface area contributed by atoms with Gasteiger partial charge in [-0.05, 0) is 11.2 Å². The summed E-state index contributed by atoms with van der Waals surface area (Å²) in [6, 6.07) is 0. The molecule has 0 saturated carbocycles. The maximum atomic E-state index is 9.00. The first-order valence-electron chi connectivity index (χ1n) is 1.20. The van der Waals surface area contributed by atoms with E-state index in [4.69, 9.17) is 26.6 Å². The summed E-state index contributed by atoms with van der Waals surface area (Å²) >= 11 is 0.493. The molecule has 58 valence electrons. The van der Waals surface area contributed by atoms with Crippen molar-refractivity contribution in [1.82, 2.24) is 0 Å². The van der Waals surface area contributed by atoms with Crippen molar-refractivity contribution in [2.24, 2.45) is 0 Å². The third-order valence-corrected chi connectivity index (χ3v) is 0. The Kier molecular flexibility index (Phi) is 14.2. The predicted octanol–water partition coefficient (Wildman–Crippen LogP) is -1.71. The zero-order valence-electron chi connectivity index (χ0n) is 4.46. The van der Waals surface area contributed by atoms with Crippen LogP contribution < -0.4 is 0 Å². The molecule has 0 bridgehead atoms. The van der Waals surface area contributed by atoms with E-state index in [1.807, 2.05) is 0 Å². The van der Waals surface area contributed by atoms with Gasteiger partial charge in [0.05, 0.1) is 20.4 Å². The Balaban J connectivity index is -0.0000000910. The predicted molar refractivity (Wildman–Crippen MR) is 36.2 cm³/mol. The fourth-order valence-electron chi connectivity index (χ4n) is 0. The van der Waals surface area contributed by atoms with Crippen LogP contribution in [-0.2, 0) is 31.6 Å². The minimum absolute atomic E-state index is 0. The van der Waals surface area contributed by atoms with Crippen molar-refractivity contribution < 1.29 is 26.6 Å². The molecule has 0 aromatic carbocycles. The first-order valence-corrected chi connectivity index (χ1v) is 4.60. The molecule has 0 aliphatic carbocycles. The van der Waals surface area contributed by atoms with Crippen LogP contribution in [0.25, 0.3) is 0 Å². The summed E-state index contributed by atoms with van der Waals surface area (Å²) in [6.07, 6.45) is 0. The van der Waals surface area contributed by atoms with Crippen LogP contribution in [0, 0.1) is 0 Å². The molecule has 0 amide bonds. The van der Waals surface area contributed by atoms with Crippen molar-refractivity contribution >= 4 is 54.7 Å². The molecule has 10 heavy (non-hydrogen) atoms. The van der Waals surface area contributed by atoms with Gasteiger partial charge in [0.25, 0.3) is 0 Å². The van der Waals surface area contributed by atoms with Gasteiger partial charge in [-0.1, -0.05) is 0 Å². The molecule has 0 fully saturated rings. The molecular formula is H2MgO6S3. The second-order valence-corrected chi connectivity index (χ2v) is 3.20. The maximum Gasteiger partial charge on any atom is 2.00 e. The Morgan fingerprint density at radius 2 is 1.60 bits per heavy atom. The van der Waals surface area contributed by atoms with E-state index >= 15 is 0 Å². The van der Waals surface area contributed by atoms with Gasteiger partial charge in [-0.15, -0.1) is 0 Å². The summed E-state index contributed by atoms with van der Waals surface area (Å²) in [5.74, 6) is 0. The SMILES string of the molecule is O=S([O-])(O)=S.O=S([O-])O.[Mg+2]. The van der Waals surface area contributed by atoms with Crippen LogP contribution in [0.3, 0.4) is 0 Å². The summed E-state index contributed by atoms with van der Waals surface area (Å²) in [4.78, 5) is 0. The normalized spacial score (nSPS) is 16.8. The summed E-state index contributed by atoms with van der Waals surface area (Å²) in [6.45, 7) is 0. The second-order valence-electron chi connectivity index (χ2n) is 0.645. The van der Waals surface area contributed by atoms with E-state index in [1.165, 1.54) is 0 Å². The van der Waals surface area contributed by atoms with Crippen LogP contribution >= 0.6 is 0 Å². The van der Waals surface area contributed by atoms with Crippen molar-refractivity contribution in [3.05, 3.63) is 0 Å². The molecule has 0 aromatic heterocycles. The van der Waals surface area contributed by atoms with E-state index in [1.54, 1.807) is 0 Å². The molecule has 0 heterocycles. The van der Waals surface area contributed by atoms with Gasteiger partial charge in [-0.2, -0.15) is 0 Å². The smallest absolute Gasteiger partial charge is 0.750 e. The van der Waals surface area contributed by atoms with Gasteiger partial charge in [0.15, 0.2) is 0 Å². The van der Waals surface area contributed by atoms with E-state index in [0.717, 1.165) is 0 Å². The topological polar surface area (TPSA) is 121 Å². The number of rotatable bonds is 0. The van der Waals surface area contributed by atoms with Crippen molar-refractivity contribution in [3.8, 4) is 0 Å². The molecule has 2 atom stereocenters. The van der Waals surface area contributed by atoms with E-state index in [2.05, 4.69) is 11.2 Å². The molecule has 6 nitrogen and oxygen atoms in total.